The van der Waals surface area contributed by atoms with Gasteiger partial charge in [0.25, 0.3) is 35.4 Å². The van der Waals surface area contributed by atoms with Crippen LogP contribution >= 0.6 is 136 Å². The molecule has 4 unspecified atom stereocenters. The maximum absolute atomic E-state index is 13.5. The number of aliphatic hydroxyl groups excluding tert-OH is 10. The van der Waals surface area contributed by atoms with Crippen LogP contribution < -0.4 is 31.1 Å². The monoisotopic (exact) mass is 1640 g/mol. The van der Waals surface area contributed by atoms with E-state index >= 15 is 0 Å². The van der Waals surface area contributed by atoms with Gasteiger partial charge in [-0.3, -0.25) is 28.8 Å². The lowest BCUT2D eigenvalue weighted by atomic mass is 10.1. The molecule has 6 amide bonds. The van der Waals surface area contributed by atoms with Gasteiger partial charge in [-0.2, -0.15) is 0 Å². The van der Waals surface area contributed by atoms with E-state index in [1.54, 1.807) is 136 Å². The minimum atomic E-state index is -1.31. The van der Waals surface area contributed by atoms with Gasteiger partial charge in [-0.25, -0.2) is 0 Å². The molecule has 30 heteroatoms. The predicted octanol–water partition coefficient (Wildman–Crippen LogP) is -2.97. The van der Waals surface area contributed by atoms with E-state index in [9.17, 15) is 79.8 Å². The van der Waals surface area contributed by atoms with Crippen molar-refractivity contribution in [2.45, 2.75) is 24.4 Å². The van der Waals surface area contributed by atoms with E-state index in [-0.39, 0.29) is 121 Å². The third-order valence-corrected chi connectivity index (χ3v) is 15.4. The minimum Gasteiger partial charge on any atom is -0.394 e. The average molecular weight is 1640 g/mol. The van der Waals surface area contributed by atoms with Crippen LogP contribution in [0.15, 0.2) is 0 Å². The number of aliphatic hydroxyl groups is 10. The van der Waals surface area contributed by atoms with Crippen molar-refractivity contribution >= 4 is 182 Å². The topological polar surface area (TPSA) is 378 Å². The zero-order valence-electron chi connectivity index (χ0n) is 35.5. The fraction of sp³-hybridized carbons (Fsp3) is 0.526. The van der Waals surface area contributed by atoms with E-state index in [1.165, 1.54) is 0 Å². The quantitative estimate of drug-likeness (QED) is 0.0286. The Morgan fingerprint density at radius 3 is 0.853 bits per heavy atom. The molecule has 0 spiro atoms. The van der Waals surface area contributed by atoms with Gasteiger partial charge in [-0.05, 0) is 136 Å². The van der Waals surface area contributed by atoms with E-state index in [2.05, 4.69) is 21.3 Å². The van der Waals surface area contributed by atoms with Gasteiger partial charge in [0.1, 0.15) is 13.2 Å². The van der Waals surface area contributed by atoms with Crippen molar-refractivity contribution in [1.82, 2.24) is 21.3 Å². The van der Waals surface area contributed by atoms with Crippen molar-refractivity contribution in [2.75, 3.05) is 115 Å². The molecule has 0 aliphatic heterocycles. The average Bonchev–Trinajstić information content (AvgIpc) is 3.31. The second-order valence-corrected chi connectivity index (χ2v) is 20.4. The summed E-state index contributed by atoms with van der Waals surface area (Å²) in [6, 6.07) is 0. The Balaban J connectivity index is 2.39. The molecule has 0 radical (unpaired) electrons. The fourth-order valence-corrected chi connectivity index (χ4v) is 15.0. The van der Waals surface area contributed by atoms with Gasteiger partial charge < -0.3 is 91.6 Å². The highest BCUT2D eigenvalue weighted by Crippen LogP contribution is 2.39. The Kier molecular flexibility index (Phi) is 30.1. The Bertz CT molecular complexity index is 1840. The van der Waals surface area contributed by atoms with Crippen LogP contribution in [0.1, 0.15) is 41.4 Å². The first kappa shape index (κ1) is 63.3. The number of ether oxygens (including phenoxy) is 2. The number of amides is 6. The van der Waals surface area contributed by atoms with E-state index in [0.717, 1.165) is 9.80 Å². The van der Waals surface area contributed by atoms with Gasteiger partial charge in [-0.15, -0.1) is 0 Å². The molecule has 0 aliphatic rings. The van der Waals surface area contributed by atoms with E-state index in [4.69, 9.17) is 9.47 Å². The van der Waals surface area contributed by atoms with E-state index in [0.29, 0.717) is 0 Å². The molecule has 0 saturated heterocycles. The molecule has 0 bridgehead atoms. The number of nitrogens with zero attached hydrogens (tertiary/aromatic N) is 2. The molecule has 24 nitrogen and oxygen atoms in total. The van der Waals surface area contributed by atoms with Crippen molar-refractivity contribution in [2.24, 2.45) is 0 Å². The molecular weight excluding hydrogens is 1590 g/mol. The zero-order valence-corrected chi connectivity index (χ0v) is 48.5. The first-order valence-electron chi connectivity index (χ1n) is 19.9. The molecule has 2 rings (SSSR count). The second kappa shape index (κ2) is 32.4. The normalized spacial score (nSPS) is 13.0. The molecule has 0 saturated carbocycles. The lowest BCUT2D eigenvalue weighted by Gasteiger charge is -2.28. The summed E-state index contributed by atoms with van der Waals surface area (Å²) in [6.45, 7) is -7.06. The lowest BCUT2D eigenvalue weighted by Crippen LogP contribution is -2.40. The van der Waals surface area contributed by atoms with Crippen molar-refractivity contribution in [3.63, 3.8) is 0 Å². The molecule has 4 atom stereocenters. The molecular formula is C38H50I6N6O18. The summed E-state index contributed by atoms with van der Waals surface area (Å²) in [5.41, 5.74) is -0.228. The molecule has 0 aliphatic carbocycles. The van der Waals surface area contributed by atoms with Crippen LogP contribution in [0, 0.1) is 21.4 Å². The number of nitrogens with one attached hydrogen (secondary N) is 4. The van der Waals surface area contributed by atoms with Gasteiger partial charge in [0.2, 0.25) is 0 Å². The van der Waals surface area contributed by atoms with Crippen molar-refractivity contribution in [3.8, 4) is 0 Å². The number of benzene rings is 2. The van der Waals surface area contributed by atoms with Crippen LogP contribution in [0.4, 0.5) is 11.4 Å². The summed E-state index contributed by atoms with van der Waals surface area (Å²) in [5, 5.41) is 106. The van der Waals surface area contributed by atoms with Crippen molar-refractivity contribution in [3.05, 3.63) is 43.7 Å². The van der Waals surface area contributed by atoms with Crippen LogP contribution in [-0.4, -0.2) is 216 Å². The maximum atomic E-state index is 13.5. The molecule has 2 aromatic carbocycles. The summed E-state index contributed by atoms with van der Waals surface area (Å²) in [4.78, 5) is 82.8. The number of hydrogen-bond donors (Lipinski definition) is 14. The highest BCUT2D eigenvalue weighted by molar-refractivity contribution is 14.1. The Morgan fingerprint density at radius 1 is 0.412 bits per heavy atom. The first-order valence-corrected chi connectivity index (χ1v) is 26.3. The van der Waals surface area contributed by atoms with Crippen molar-refractivity contribution in [1.29, 1.82) is 0 Å². The third kappa shape index (κ3) is 18.0. The highest BCUT2D eigenvalue weighted by atomic mass is 127. The number of hydrogen-bond acceptors (Lipinski definition) is 18. The number of anilines is 2. The summed E-state index contributed by atoms with van der Waals surface area (Å²) in [5.74, 6) is -4.77. The van der Waals surface area contributed by atoms with E-state index < -0.39 is 99.5 Å². The molecule has 2 aromatic rings. The first-order chi connectivity index (χ1) is 32.2. The van der Waals surface area contributed by atoms with Crippen LogP contribution in [-0.2, 0) is 19.1 Å². The van der Waals surface area contributed by atoms with Gasteiger partial charge in [0, 0.05) is 46.4 Å². The number of carbonyl (C=O) groups is 6. The Morgan fingerprint density at radius 2 is 0.647 bits per heavy atom. The minimum absolute atomic E-state index is 0.0477. The predicted molar refractivity (Wildman–Crippen MR) is 291 cm³/mol. The standard InChI is InChI=1S/C38H50I6N6O18/c39-27-23(35(63)45-7-17(57)11-51)29(41)33(30(42)24(27)36(64)46-8-18(58)12-52)49(21(61)15-55)1-3-67-5-6-68-4-2-50(22(62)16-56)34-31(43)25(37(65)47-9-19(59)13-53)28(40)26(32(34)44)38(66)48-10-20(60)14-54/h17-20,51-60H,1-16H2,(H,45,63)(H,46,64)(H,47,65)(H,48,66). The second-order valence-electron chi connectivity index (χ2n) is 13.9. The van der Waals surface area contributed by atoms with Gasteiger partial charge in [0.05, 0.1) is 125 Å². The summed E-state index contributed by atoms with van der Waals surface area (Å²) in [6.07, 6.45) is -5.23. The third-order valence-electron chi connectivity index (χ3n) is 9.03. The van der Waals surface area contributed by atoms with Crippen LogP contribution in [0.2, 0.25) is 0 Å². The molecule has 68 heavy (non-hydrogen) atoms. The molecule has 0 aromatic heterocycles. The van der Waals surface area contributed by atoms with E-state index in [1.807, 2.05) is 0 Å². The summed E-state index contributed by atoms with van der Waals surface area (Å²) >= 11 is 10.7. The molecule has 14 N–H and O–H groups in total. The number of carbonyl (C=O) groups excluding carboxylic acids is 6. The Hall–Kier alpha value is -0.840. The lowest BCUT2D eigenvalue weighted by molar-refractivity contribution is -0.122. The summed E-state index contributed by atoms with van der Waals surface area (Å²) < 4.78 is 12.4. The van der Waals surface area contributed by atoms with Crippen LogP contribution in [0.3, 0.4) is 0 Å². The summed E-state index contributed by atoms with van der Waals surface area (Å²) in [7, 11) is 0. The van der Waals surface area contributed by atoms with Crippen molar-refractivity contribution < 1.29 is 89.3 Å². The highest BCUT2D eigenvalue weighted by Gasteiger charge is 2.34. The van der Waals surface area contributed by atoms with Gasteiger partial charge in [0.15, 0.2) is 0 Å². The maximum Gasteiger partial charge on any atom is 0.253 e. The number of halogens is 6. The smallest absolute Gasteiger partial charge is 0.253 e. The molecule has 0 heterocycles. The van der Waals surface area contributed by atoms with Gasteiger partial charge in [-0.1, -0.05) is 0 Å². The number of rotatable bonds is 29. The molecule has 0 fully saturated rings. The molecule has 382 valence electrons. The van der Waals surface area contributed by atoms with Crippen LogP contribution in [0.5, 0.6) is 0 Å². The SMILES string of the molecule is O=C(NCC(O)CO)c1c(I)c(C(=O)NCC(O)CO)c(I)c(N(CCOCCOCCN(C(=O)CO)c2c(I)c(C(=O)NCC(O)CO)c(I)c(C(=O)NCC(O)CO)c2I)C(=O)CO)c1I. The zero-order chi connectivity index (χ0) is 51.4. The van der Waals surface area contributed by atoms with Crippen LogP contribution in [0.25, 0.3) is 0 Å². The largest absolute Gasteiger partial charge is 0.394 e. The van der Waals surface area contributed by atoms with Gasteiger partial charge >= 0.3 is 0 Å². The fourth-order valence-electron chi connectivity index (χ4n) is 5.55. The Labute approximate surface area is 470 Å².